The van der Waals surface area contributed by atoms with Crippen LogP contribution in [0.15, 0.2) is 18.2 Å². The van der Waals surface area contributed by atoms with Crippen molar-refractivity contribution < 1.29 is 5.11 Å². The summed E-state index contributed by atoms with van der Waals surface area (Å²) in [5.74, 6) is 0.955. The molecule has 0 radical (unpaired) electrons. The first kappa shape index (κ1) is 16.4. The molecule has 0 amide bonds. The van der Waals surface area contributed by atoms with Crippen LogP contribution in [0.3, 0.4) is 0 Å². The Morgan fingerprint density at radius 1 is 1.05 bits per heavy atom. The van der Waals surface area contributed by atoms with E-state index in [0.29, 0.717) is 11.7 Å². The van der Waals surface area contributed by atoms with Gasteiger partial charge in [-0.25, -0.2) is 0 Å². The smallest absolute Gasteiger partial charge is 0.119 e. The van der Waals surface area contributed by atoms with E-state index < -0.39 is 0 Å². The molecule has 1 aliphatic rings. The molecule has 1 aromatic carbocycles. The maximum absolute atomic E-state index is 10.2. The highest BCUT2D eigenvalue weighted by Gasteiger charge is 2.38. The Hall–Kier alpha value is -1.02. The van der Waals surface area contributed by atoms with Crippen molar-refractivity contribution in [1.82, 2.24) is 5.32 Å². The number of piperidine rings is 1. The Bertz CT molecular complexity index is 507. The van der Waals surface area contributed by atoms with Crippen LogP contribution in [0.4, 0.5) is 0 Å². The topological polar surface area (TPSA) is 32.3 Å². The van der Waals surface area contributed by atoms with Gasteiger partial charge in [0, 0.05) is 11.1 Å². The lowest BCUT2D eigenvalue weighted by molar-refractivity contribution is 0.161. The highest BCUT2D eigenvalue weighted by Crippen LogP contribution is 2.41. The normalized spacial score (nSPS) is 22.2. The molecule has 2 nitrogen and oxygen atoms in total. The number of phenols is 1. The molecule has 0 spiro atoms. The van der Waals surface area contributed by atoms with Crippen LogP contribution >= 0.6 is 0 Å². The lowest BCUT2D eigenvalue weighted by atomic mass is 9.72. The van der Waals surface area contributed by atoms with E-state index in [0.717, 1.165) is 18.4 Å². The first-order chi connectivity index (χ1) is 9.40. The van der Waals surface area contributed by atoms with Crippen LogP contribution in [-0.2, 0) is 5.41 Å². The van der Waals surface area contributed by atoms with Gasteiger partial charge in [-0.3, -0.25) is 0 Å². The van der Waals surface area contributed by atoms with Crippen LogP contribution < -0.4 is 5.32 Å². The fourth-order valence-corrected chi connectivity index (χ4v) is 3.97. The summed E-state index contributed by atoms with van der Waals surface area (Å²) in [5.41, 5.74) is 2.67. The van der Waals surface area contributed by atoms with E-state index in [1.165, 1.54) is 5.56 Å². The molecule has 21 heavy (non-hydrogen) atoms. The van der Waals surface area contributed by atoms with E-state index in [-0.39, 0.29) is 16.5 Å². The van der Waals surface area contributed by atoms with Crippen LogP contribution in [0.1, 0.15) is 78.4 Å². The highest BCUT2D eigenvalue weighted by atomic mass is 16.3. The molecular formula is C19H31NO. The third kappa shape index (κ3) is 3.79. The van der Waals surface area contributed by atoms with Gasteiger partial charge >= 0.3 is 0 Å². The Morgan fingerprint density at radius 3 is 2.05 bits per heavy atom. The third-order valence-corrected chi connectivity index (χ3v) is 4.49. The van der Waals surface area contributed by atoms with Crippen molar-refractivity contribution in [1.29, 1.82) is 0 Å². The average molecular weight is 289 g/mol. The second kappa shape index (κ2) is 5.01. The minimum atomic E-state index is -0.0297. The quantitative estimate of drug-likeness (QED) is 0.784. The molecule has 1 saturated heterocycles. The molecule has 0 bridgehead atoms. The number of phenolic OH excluding ortho intramolecular Hbond substituents is 1. The van der Waals surface area contributed by atoms with Gasteiger partial charge in [-0.2, -0.15) is 0 Å². The van der Waals surface area contributed by atoms with E-state index in [1.54, 1.807) is 0 Å². The van der Waals surface area contributed by atoms with Gasteiger partial charge in [0.15, 0.2) is 0 Å². The lowest BCUT2D eigenvalue weighted by Crippen LogP contribution is -2.57. The standard InChI is InChI=1S/C19H31NO/c1-17(2,3)15-10-13(8-9-16(15)21)14-11-18(4,5)20-19(6,7)12-14/h8-10,14,20-21H,11-12H2,1-7H3. The molecule has 1 aromatic rings. The lowest BCUT2D eigenvalue weighted by Gasteiger charge is -2.47. The van der Waals surface area contributed by atoms with Crippen molar-refractivity contribution in [2.24, 2.45) is 0 Å². The third-order valence-electron chi connectivity index (χ3n) is 4.49. The predicted octanol–water partition coefficient (Wildman–Crippen LogP) is 4.71. The summed E-state index contributed by atoms with van der Waals surface area (Å²) in [4.78, 5) is 0. The van der Waals surface area contributed by atoms with Gasteiger partial charge in [-0.05, 0) is 69.1 Å². The van der Waals surface area contributed by atoms with E-state index in [9.17, 15) is 5.11 Å². The molecule has 1 fully saturated rings. The summed E-state index contributed by atoms with van der Waals surface area (Å²) in [6.45, 7) is 15.6. The molecule has 0 saturated carbocycles. The molecule has 0 unspecified atom stereocenters. The largest absolute Gasteiger partial charge is 0.508 e. The summed E-state index contributed by atoms with van der Waals surface area (Å²) in [7, 11) is 0. The molecule has 2 heteroatoms. The van der Waals surface area contributed by atoms with Crippen LogP contribution in [0.25, 0.3) is 0 Å². The SMILES string of the molecule is CC1(C)CC(c2ccc(O)c(C(C)(C)C)c2)CC(C)(C)N1. The Balaban J connectivity index is 2.38. The summed E-state index contributed by atoms with van der Waals surface area (Å²) in [5, 5.41) is 13.9. The maximum Gasteiger partial charge on any atom is 0.119 e. The zero-order valence-electron chi connectivity index (χ0n) is 14.7. The summed E-state index contributed by atoms with van der Waals surface area (Å²) < 4.78 is 0. The maximum atomic E-state index is 10.2. The summed E-state index contributed by atoms with van der Waals surface area (Å²) in [6, 6.07) is 6.20. The fourth-order valence-electron chi connectivity index (χ4n) is 3.97. The number of aromatic hydroxyl groups is 1. The minimum absolute atomic E-state index is 0.0297. The highest BCUT2D eigenvalue weighted by molar-refractivity contribution is 5.42. The van der Waals surface area contributed by atoms with Gasteiger partial charge in [-0.1, -0.05) is 32.9 Å². The number of benzene rings is 1. The van der Waals surface area contributed by atoms with Crippen LogP contribution in [0.5, 0.6) is 5.75 Å². The van der Waals surface area contributed by atoms with Crippen molar-refractivity contribution >= 4 is 0 Å². The van der Waals surface area contributed by atoms with Gasteiger partial charge in [-0.15, -0.1) is 0 Å². The molecule has 0 aromatic heterocycles. The minimum Gasteiger partial charge on any atom is -0.508 e. The van der Waals surface area contributed by atoms with Crippen molar-refractivity contribution in [2.45, 2.75) is 83.7 Å². The van der Waals surface area contributed by atoms with Gasteiger partial charge in [0.05, 0.1) is 0 Å². The van der Waals surface area contributed by atoms with Gasteiger partial charge in [0.1, 0.15) is 5.75 Å². The molecule has 118 valence electrons. The van der Waals surface area contributed by atoms with Crippen molar-refractivity contribution in [3.8, 4) is 5.75 Å². The Labute approximate surface area is 130 Å². The first-order valence-corrected chi connectivity index (χ1v) is 8.02. The second-order valence-corrected chi connectivity index (χ2v) is 9.02. The summed E-state index contributed by atoms with van der Waals surface area (Å²) in [6.07, 6.45) is 2.26. The molecule has 1 heterocycles. The van der Waals surface area contributed by atoms with Gasteiger partial charge < -0.3 is 10.4 Å². The van der Waals surface area contributed by atoms with Crippen molar-refractivity contribution in [2.75, 3.05) is 0 Å². The molecule has 2 N–H and O–H groups in total. The van der Waals surface area contributed by atoms with Crippen molar-refractivity contribution in [3.63, 3.8) is 0 Å². The van der Waals surface area contributed by atoms with Crippen LogP contribution in [0, 0.1) is 0 Å². The van der Waals surface area contributed by atoms with E-state index in [2.05, 4.69) is 65.9 Å². The summed E-state index contributed by atoms with van der Waals surface area (Å²) >= 11 is 0. The Morgan fingerprint density at radius 2 is 1.57 bits per heavy atom. The monoisotopic (exact) mass is 289 g/mol. The van der Waals surface area contributed by atoms with Crippen molar-refractivity contribution in [3.05, 3.63) is 29.3 Å². The zero-order valence-corrected chi connectivity index (χ0v) is 14.7. The molecule has 0 aliphatic carbocycles. The number of nitrogens with one attached hydrogen (secondary N) is 1. The van der Waals surface area contributed by atoms with E-state index in [1.807, 2.05) is 6.07 Å². The average Bonchev–Trinajstić information content (AvgIpc) is 2.23. The van der Waals surface area contributed by atoms with Crippen LogP contribution in [-0.4, -0.2) is 16.2 Å². The van der Waals surface area contributed by atoms with E-state index >= 15 is 0 Å². The number of rotatable bonds is 1. The van der Waals surface area contributed by atoms with Gasteiger partial charge in [0.2, 0.25) is 0 Å². The number of hydrogen-bond acceptors (Lipinski definition) is 2. The molecule has 1 aliphatic heterocycles. The molecule has 2 rings (SSSR count). The van der Waals surface area contributed by atoms with Crippen LogP contribution in [0.2, 0.25) is 0 Å². The number of hydrogen-bond donors (Lipinski definition) is 2. The van der Waals surface area contributed by atoms with E-state index in [4.69, 9.17) is 0 Å². The second-order valence-electron chi connectivity index (χ2n) is 9.02. The fraction of sp³-hybridized carbons (Fsp3) is 0.684. The van der Waals surface area contributed by atoms with Gasteiger partial charge in [0.25, 0.3) is 0 Å². The first-order valence-electron chi connectivity index (χ1n) is 8.02. The Kier molecular flexibility index (Phi) is 3.90. The zero-order chi connectivity index (χ0) is 16.1. The molecule has 0 atom stereocenters. The molecular weight excluding hydrogens is 258 g/mol. The predicted molar refractivity (Wildman–Crippen MR) is 90.1 cm³/mol.